The molecule has 0 aliphatic heterocycles. The van der Waals surface area contributed by atoms with Crippen molar-refractivity contribution >= 4 is 15.9 Å². The molecule has 0 radical (unpaired) electrons. The van der Waals surface area contributed by atoms with Crippen LogP contribution < -0.4 is 5.32 Å². The zero-order chi connectivity index (χ0) is 11.4. The van der Waals surface area contributed by atoms with Gasteiger partial charge in [0.2, 0.25) is 0 Å². The van der Waals surface area contributed by atoms with Crippen molar-refractivity contribution in [1.29, 1.82) is 0 Å². The lowest BCUT2D eigenvalue weighted by atomic mass is 10.2. The summed E-state index contributed by atoms with van der Waals surface area (Å²) in [5.41, 5.74) is 1.00. The van der Waals surface area contributed by atoms with Crippen LogP contribution in [0.1, 0.15) is 19.1 Å². The van der Waals surface area contributed by atoms with Gasteiger partial charge in [-0.05, 0) is 41.0 Å². The van der Waals surface area contributed by atoms with Crippen LogP contribution in [0.4, 0.5) is 0 Å². The lowest BCUT2D eigenvalue weighted by Gasteiger charge is -2.02. The minimum atomic E-state index is 0.726. The first-order chi connectivity index (χ1) is 7.83. The molecule has 2 heterocycles. The predicted octanol–water partition coefficient (Wildman–Crippen LogP) is 3.80. The SMILES string of the molecule is CCCNCc1occc1-c1occc1Br. The molecule has 3 nitrogen and oxygen atoms in total. The van der Waals surface area contributed by atoms with Crippen LogP contribution in [-0.4, -0.2) is 6.54 Å². The number of hydrogen-bond donors (Lipinski definition) is 1. The Balaban J connectivity index is 2.16. The molecular formula is C12H14BrNO2. The molecule has 4 heteroatoms. The fourth-order valence-corrected chi connectivity index (χ4v) is 1.96. The molecule has 0 fully saturated rings. The highest BCUT2D eigenvalue weighted by Gasteiger charge is 2.13. The molecule has 16 heavy (non-hydrogen) atoms. The van der Waals surface area contributed by atoms with E-state index in [4.69, 9.17) is 8.83 Å². The van der Waals surface area contributed by atoms with E-state index < -0.39 is 0 Å². The highest BCUT2D eigenvalue weighted by atomic mass is 79.9. The molecule has 0 aliphatic rings. The summed E-state index contributed by atoms with van der Waals surface area (Å²) in [6, 6.07) is 3.80. The fraction of sp³-hybridized carbons (Fsp3) is 0.333. The van der Waals surface area contributed by atoms with Crippen LogP contribution in [0, 0.1) is 0 Å². The molecule has 0 unspecified atom stereocenters. The molecular weight excluding hydrogens is 270 g/mol. The Kier molecular flexibility index (Phi) is 3.85. The van der Waals surface area contributed by atoms with E-state index in [2.05, 4.69) is 28.2 Å². The van der Waals surface area contributed by atoms with Crippen LogP contribution in [0.5, 0.6) is 0 Å². The summed E-state index contributed by atoms with van der Waals surface area (Å²) in [7, 11) is 0. The quantitative estimate of drug-likeness (QED) is 0.849. The van der Waals surface area contributed by atoms with Crippen molar-refractivity contribution in [1.82, 2.24) is 5.32 Å². The number of halogens is 1. The summed E-state index contributed by atoms with van der Waals surface area (Å²) in [4.78, 5) is 0. The zero-order valence-electron chi connectivity index (χ0n) is 9.13. The first-order valence-corrected chi connectivity index (χ1v) is 6.12. The molecule has 2 rings (SSSR count). The van der Waals surface area contributed by atoms with E-state index >= 15 is 0 Å². The summed E-state index contributed by atoms with van der Waals surface area (Å²) < 4.78 is 11.8. The van der Waals surface area contributed by atoms with Gasteiger partial charge in [-0.25, -0.2) is 0 Å². The minimum absolute atomic E-state index is 0.726. The van der Waals surface area contributed by atoms with Crippen molar-refractivity contribution in [3.05, 3.63) is 34.9 Å². The molecule has 0 amide bonds. The Bertz CT molecular complexity index is 447. The maximum Gasteiger partial charge on any atom is 0.151 e. The standard InChI is InChI=1S/C12H14BrNO2/c1-2-5-14-8-11-9(3-6-15-11)12-10(13)4-7-16-12/h3-4,6-7,14H,2,5,8H2,1H3. The topological polar surface area (TPSA) is 38.3 Å². The van der Waals surface area contributed by atoms with Crippen molar-refractivity contribution in [3.8, 4) is 11.3 Å². The van der Waals surface area contributed by atoms with Crippen LogP contribution in [0.3, 0.4) is 0 Å². The van der Waals surface area contributed by atoms with E-state index in [9.17, 15) is 0 Å². The van der Waals surface area contributed by atoms with E-state index in [0.29, 0.717) is 0 Å². The first kappa shape index (κ1) is 11.5. The maximum atomic E-state index is 5.45. The minimum Gasteiger partial charge on any atom is -0.467 e. The van der Waals surface area contributed by atoms with Gasteiger partial charge in [-0.3, -0.25) is 0 Å². The molecule has 0 bridgehead atoms. The van der Waals surface area contributed by atoms with Gasteiger partial charge in [0.05, 0.1) is 29.1 Å². The average Bonchev–Trinajstić information content (AvgIpc) is 2.87. The smallest absolute Gasteiger partial charge is 0.151 e. The van der Waals surface area contributed by atoms with Crippen molar-refractivity contribution in [3.63, 3.8) is 0 Å². The lowest BCUT2D eigenvalue weighted by Crippen LogP contribution is -2.13. The predicted molar refractivity (Wildman–Crippen MR) is 66.1 cm³/mol. The van der Waals surface area contributed by atoms with Gasteiger partial charge in [0.1, 0.15) is 5.76 Å². The number of hydrogen-bond acceptors (Lipinski definition) is 3. The average molecular weight is 284 g/mol. The zero-order valence-corrected chi connectivity index (χ0v) is 10.7. The Morgan fingerprint density at radius 2 is 2.06 bits per heavy atom. The van der Waals surface area contributed by atoms with Crippen molar-refractivity contribution in [2.75, 3.05) is 6.54 Å². The highest BCUT2D eigenvalue weighted by molar-refractivity contribution is 9.10. The third-order valence-electron chi connectivity index (χ3n) is 2.32. The first-order valence-electron chi connectivity index (χ1n) is 5.33. The molecule has 0 atom stereocenters. The van der Waals surface area contributed by atoms with E-state index in [1.54, 1.807) is 12.5 Å². The molecule has 86 valence electrons. The molecule has 0 saturated carbocycles. The Morgan fingerprint density at radius 3 is 2.75 bits per heavy atom. The van der Waals surface area contributed by atoms with Gasteiger partial charge in [-0.1, -0.05) is 6.92 Å². The largest absolute Gasteiger partial charge is 0.467 e. The molecule has 0 aliphatic carbocycles. The molecule has 1 N–H and O–H groups in total. The highest BCUT2D eigenvalue weighted by Crippen LogP contribution is 2.32. The van der Waals surface area contributed by atoms with E-state index in [1.807, 2.05) is 12.1 Å². The lowest BCUT2D eigenvalue weighted by molar-refractivity contribution is 0.482. The van der Waals surface area contributed by atoms with Crippen LogP contribution in [-0.2, 0) is 6.54 Å². The van der Waals surface area contributed by atoms with Gasteiger partial charge in [-0.15, -0.1) is 0 Å². The number of nitrogens with one attached hydrogen (secondary N) is 1. The van der Waals surface area contributed by atoms with Crippen LogP contribution in [0.25, 0.3) is 11.3 Å². The van der Waals surface area contributed by atoms with E-state index in [0.717, 1.165) is 41.1 Å². The van der Waals surface area contributed by atoms with Crippen molar-refractivity contribution in [2.45, 2.75) is 19.9 Å². The molecule has 0 aromatic carbocycles. The molecule has 0 spiro atoms. The van der Waals surface area contributed by atoms with Gasteiger partial charge in [0, 0.05) is 0 Å². The monoisotopic (exact) mass is 283 g/mol. The van der Waals surface area contributed by atoms with Crippen LogP contribution >= 0.6 is 15.9 Å². The summed E-state index contributed by atoms with van der Waals surface area (Å²) in [5.74, 6) is 1.73. The summed E-state index contributed by atoms with van der Waals surface area (Å²) in [6.45, 7) is 3.85. The van der Waals surface area contributed by atoms with Gasteiger partial charge >= 0.3 is 0 Å². The van der Waals surface area contributed by atoms with Crippen molar-refractivity contribution < 1.29 is 8.83 Å². The second-order valence-electron chi connectivity index (χ2n) is 3.53. The van der Waals surface area contributed by atoms with Gasteiger partial charge in [0.15, 0.2) is 5.76 Å². The Hall–Kier alpha value is -1.00. The molecule has 2 aromatic heterocycles. The fourth-order valence-electron chi connectivity index (χ4n) is 1.54. The van der Waals surface area contributed by atoms with Crippen LogP contribution in [0.2, 0.25) is 0 Å². The summed E-state index contributed by atoms with van der Waals surface area (Å²) in [6.07, 6.45) is 4.46. The van der Waals surface area contributed by atoms with E-state index in [-0.39, 0.29) is 0 Å². The summed E-state index contributed by atoms with van der Waals surface area (Å²) in [5, 5.41) is 3.31. The normalized spacial score (nSPS) is 10.9. The third-order valence-corrected chi connectivity index (χ3v) is 2.94. The van der Waals surface area contributed by atoms with E-state index in [1.165, 1.54) is 0 Å². The van der Waals surface area contributed by atoms with Gasteiger partial charge in [0.25, 0.3) is 0 Å². The van der Waals surface area contributed by atoms with Crippen molar-refractivity contribution in [2.24, 2.45) is 0 Å². The number of furan rings is 2. The second kappa shape index (κ2) is 5.37. The maximum absolute atomic E-state index is 5.45. The molecule has 0 saturated heterocycles. The van der Waals surface area contributed by atoms with Gasteiger partial charge < -0.3 is 14.2 Å². The number of rotatable bonds is 5. The molecule has 2 aromatic rings. The summed E-state index contributed by atoms with van der Waals surface area (Å²) >= 11 is 3.45. The van der Waals surface area contributed by atoms with Crippen LogP contribution in [0.15, 0.2) is 38.0 Å². The Labute approximate surface area is 103 Å². The Morgan fingerprint density at radius 1 is 1.25 bits per heavy atom. The third kappa shape index (κ3) is 2.39. The second-order valence-corrected chi connectivity index (χ2v) is 4.39. The van der Waals surface area contributed by atoms with Gasteiger partial charge in [-0.2, -0.15) is 0 Å².